The molecule has 128 valence electrons. The maximum atomic E-state index is 12.1. The summed E-state index contributed by atoms with van der Waals surface area (Å²) >= 11 is 0. The first kappa shape index (κ1) is 16.7. The topological polar surface area (TPSA) is 71.8 Å². The molecule has 0 aliphatic carbocycles. The molecule has 0 saturated carbocycles. The second-order valence-electron chi connectivity index (χ2n) is 5.80. The first-order valence-electron chi connectivity index (χ1n) is 8.19. The molecule has 6 heteroatoms. The third-order valence-corrected chi connectivity index (χ3v) is 3.72. The molecule has 3 rings (SSSR count). The van der Waals surface area contributed by atoms with Crippen molar-refractivity contribution >= 4 is 11.7 Å². The van der Waals surface area contributed by atoms with Gasteiger partial charge in [-0.1, -0.05) is 17.7 Å². The number of carbonyl (C=O) groups is 1. The minimum absolute atomic E-state index is 0.0753. The van der Waals surface area contributed by atoms with Crippen LogP contribution in [-0.2, 0) is 0 Å². The highest BCUT2D eigenvalue weighted by Crippen LogP contribution is 2.11. The summed E-state index contributed by atoms with van der Waals surface area (Å²) in [5.74, 6) is 2.16. The van der Waals surface area contributed by atoms with Crippen LogP contribution in [-0.4, -0.2) is 33.5 Å². The number of anilines is 1. The van der Waals surface area contributed by atoms with Crippen LogP contribution in [0.3, 0.4) is 0 Å². The van der Waals surface area contributed by atoms with Gasteiger partial charge in [-0.2, -0.15) is 0 Å². The molecule has 0 spiro atoms. The lowest BCUT2D eigenvalue weighted by Gasteiger charge is -2.10. The maximum Gasteiger partial charge on any atom is 0.251 e. The molecule has 0 fully saturated rings. The van der Waals surface area contributed by atoms with E-state index in [-0.39, 0.29) is 5.91 Å². The number of benzene rings is 1. The first-order chi connectivity index (χ1) is 12.1. The van der Waals surface area contributed by atoms with Gasteiger partial charge < -0.3 is 15.2 Å². The summed E-state index contributed by atoms with van der Waals surface area (Å²) in [5, 5.41) is 6.12. The molecule has 1 amide bonds. The Morgan fingerprint density at radius 3 is 2.48 bits per heavy atom. The van der Waals surface area contributed by atoms with E-state index in [4.69, 9.17) is 0 Å². The average Bonchev–Trinajstić information content (AvgIpc) is 3.13. The number of aryl methyl sites for hydroxylation is 2. The fourth-order valence-corrected chi connectivity index (χ4v) is 2.44. The predicted octanol–water partition coefficient (Wildman–Crippen LogP) is 2.73. The molecule has 0 atom stereocenters. The van der Waals surface area contributed by atoms with Gasteiger partial charge in [0.05, 0.1) is 0 Å². The fourth-order valence-electron chi connectivity index (χ4n) is 2.44. The van der Waals surface area contributed by atoms with E-state index in [1.807, 2.05) is 73.3 Å². The van der Waals surface area contributed by atoms with Crippen molar-refractivity contribution in [1.82, 2.24) is 19.9 Å². The van der Waals surface area contributed by atoms with Crippen LogP contribution in [0.15, 0.2) is 54.9 Å². The lowest BCUT2D eigenvalue weighted by Crippen LogP contribution is -2.28. The molecule has 0 saturated heterocycles. The zero-order valence-electron chi connectivity index (χ0n) is 14.4. The number of carbonyl (C=O) groups excluding carboxylic acids is 1. The molecule has 25 heavy (non-hydrogen) atoms. The summed E-state index contributed by atoms with van der Waals surface area (Å²) in [6, 6.07) is 13.3. The van der Waals surface area contributed by atoms with Gasteiger partial charge >= 0.3 is 0 Å². The second kappa shape index (κ2) is 7.61. The Kier molecular flexibility index (Phi) is 5.09. The number of hydrogen-bond donors (Lipinski definition) is 2. The molecule has 0 unspecified atom stereocenters. The van der Waals surface area contributed by atoms with Crippen molar-refractivity contribution in [2.24, 2.45) is 0 Å². The average molecular weight is 335 g/mol. The summed E-state index contributed by atoms with van der Waals surface area (Å²) in [4.78, 5) is 20.9. The highest BCUT2D eigenvalue weighted by molar-refractivity contribution is 5.94. The van der Waals surface area contributed by atoms with E-state index in [1.54, 1.807) is 0 Å². The number of nitrogens with one attached hydrogen (secondary N) is 2. The van der Waals surface area contributed by atoms with Crippen LogP contribution >= 0.6 is 0 Å². The zero-order chi connectivity index (χ0) is 17.6. The quantitative estimate of drug-likeness (QED) is 0.680. The van der Waals surface area contributed by atoms with Gasteiger partial charge in [0, 0.05) is 37.1 Å². The van der Waals surface area contributed by atoms with Crippen molar-refractivity contribution < 1.29 is 4.79 Å². The van der Waals surface area contributed by atoms with E-state index in [9.17, 15) is 4.79 Å². The molecule has 0 radical (unpaired) electrons. The van der Waals surface area contributed by atoms with Gasteiger partial charge in [0.1, 0.15) is 17.5 Å². The van der Waals surface area contributed by atoms with E-state index in [0.717, 1.165) is 17.2 Å². The Bertz CT molecular complexity index is 841. The van der Waals surface area contributed by atoms with Gasteiger partial charge in [0.15, 0.2) is 0 Å². The van der Waals surface area contributed by atoms with Crippen molar-refractivity contribution in [2.45, 2.75) is 13.8 Å². The standard InChI is InChI=1S/C19H21N5O/c1-14-5-7-16(8-6-14)19(25)21-10-9-20-17-13-18(23-15(2)22-17)24-11-3-4-12-24/h3-8,11-13H,9-10H2,1-2H3,(H,21,25)(H,20,22,23). The number of aromatic nitrogens is 3. The summed E-state index contributed by atoms with van der Waals surface area (Å²) < 4.78 is 1.93. The van der Waals surface area contributed by atoms with Crippen molar-refractivity contribution in [2.75, 3.05) is 18.4 Å². The molecule has 2 aromatic heterocycles. The Labute approximate surface area is 146 Å². The number of nitrogens with zero attached hydrogens (tertiary/aromatic N) is 3. The van der Waals surface area contributed by atoms with Crippen LogP contribution < -0.4 is 10.6 Å². The van der Waals surface area contributed by atoms with E-state index >= 15 is 0 Å². The largest absolute Gasteiger partial charge is 0.368 e. The van der Waals surface area contributed by atoms with E-state index in [2.05, 4.69) is 20.6 Å². The minimum atomic E-state index is -0.0753. The Morgan fingerprint density at radius 1 is 1.04 bits per heavy atom. The molecular formula is C19H21N5O. The van der Waals surface area contributed by atoms with Crippen LogP contribution in [0.4, 0.5) is 5.82 Å². The molecule has 0 bridgehead atoms. The van der Waals surface area contributed by atoms with Crippen LogP contribution in [0.5, 0.6) is 0 Å². The van der Waals surface area contributed by atoms with Crippen LogP contribution in [0.2, 0.25) is 0 Å². The third-order valence-electron chi connectivity index (χ3n) is 3.72. The first-order valence-corrected chi connectivity index (χ1v) is 8.19. The lowest BCUT2D eigenvalue weighted by atomic mass is 10.1. The van der Waals surface area contributed by atoms with Gasteiger partial charge in [-0.05, 0) is 38.1 Å². The zero-order valence-corrected chi connectivity index (χ0v) is 14.4. The third kappa shape index (κ3) is 4.44. The van der Waals surface area contributed by atoms with Gasteiger partial charge in [0.25, 0.3) is 5.91 Å². The maximum absolute atomic E-state index is 12.1. The number of amides is 1. The highest BCUT2D eigenvalue weighted by Gasteiger charge is 2.05. The van der Waals surface area contributed by atoms with Crippen molar-refractivity contribution in [3.63, 3.8) is 0 Å². The molecule has 0 aliphatic heterocycles. The van der Waals surface area contributed by atoms with E-state index in [0.29, 0.717) is 24.5 Å². The number of rotatable bonds is 6. The highest BCUT2D eigenvalue weighted by atomic mass is 16.1. The molecule has 0 aliphatic rings. The fraction of sp³-hybridized carbons (Fsp3) is 0.211. The minimum Gasteiger partial charge on any atom is -0.368 e. The monoisotopic (exact) mass is 335 g/mol. The second-order valence-corrected chi connectivity index (χ2v) is 5.80. The molecule has 1 aromatic carbocycles. The number of hydrogen-bond acceptors (Lipinski definition) is 4. The molecular weight excluding hydrogens is 314 g/mol. The smallest absolute Gasteiger partial charge is 0.251 e. The Hall–Kier alpha value is -3.15. The molecule has 2 N–H and O–H groups in total. The van der Waals surface area contributed by atoms with E-state index < -0.39 is 0 Å². The SMILES string of the molecule is Cc1ccc(C(=O)NCCNc2cc(-n3cccc3)nc(C)n2)cc1. The summed E-state index contributed by atoms with van der Waals surface area (Å²) in [6.45, 7) is 4.95. The Balaban J connectivity index is 1.54. The Morgan fingerprint density at radius 2 is 1.76 bits per heavy atom. The van der Waals surface area contributed by atoms with Crippen molar-refractivity contribution in [1.29, 1.82) is 0 Å². The van der Waals surface area contributed by atoms with Gasteiger partial charge in [0.2, 0.25) is 0 Å². The van der Waals surface area contributed by atoms with Crippen molar-refractivity contribution in [3.05, 3.63) is 71.8 Å². The molecule has 3 aromatic rings. The van der Waals surface area contributed by atoms with Crippen LogP contribution in [0.25, 0.3) is 5.82 Å². The summed E-state index contributed by atoms with van der Waals surface area (Å²) in [7, 11) is 0. The van der Waals surface area contributed by atoms with Crippen LogP contribution in [0.1, 0.15) is 21.7 Å². The normalized spacial score (nSPS) is 10.5. The van der Waals surface area contributed by atoms with Crippen LogP contribution in [0, 0.1) is 13.8 Å². The summed E-state index contributed by atoms with van der Waals surface area (Å²) in [5.41, 5.74) is 1.80. The predicted molar refractivity (Wildman–Crippen MR) is 98.1 cm³/mol. The lowest BCUT2D eigenvalue weighted by molar-refractivity contribution is 0.0955. The summed E-state index contributed by atoms with van der Waals surface area (Å²) in [6.07, 6.45) is 3.88. The van der Waals surface area contributed by atoms with Crippen molar-refractivity contribution in [3.8, 4) is 5.82 Å². The van der Waals surface area contributed by atoms with Gasteiger partial charge in [-0.15, -0.1) is 0 Å². The van der Waals surface area contributed by atoms with Gasteiger partial charge in [-0.25, -0.2) is 9.97 Å². The molecule has 6 nitrogen and oxygen atoms in total. The molecule has 2 heterocycles. The van der Waals surface area contributed by atoms with E-state index in [1.165, 1.54) is 0 Å². The van der Waals surface area contributed by atoms with Gasteiger partial charge in [-0.3, -0.25) is 4.79 Å².